The molecule has 5 nitrogen and oxygen atoms in total. The lowest BCUT2D eigenvalue weighted by Gasteiger charge is -2.69. The van der Waals surface area contributed by atoms with E-state index in [-0.39, 0.29) is 16.7 Å². The quantitative estimate of drug-likeness (QED) is 0.912. The van der Waals surface area contributed by atoms with Crippen LogP contribution in [0.15, 0.2) is 12.3 Å². The molecule has 2 aromatic rings. The van der Waals surface area contributed by atoms with Crippen molar-refractivity contribution in [2.24, 2.45) is 5.41 Å². The van der Waals surface area contributed by atoms with Crippen LogP contribution in [0.4, 0.5) is 0 Å². The topological polar surface area (TPSA) is 61.9 Å². The van der Waals surface area contributed by atoms with E-state index in [0.29, 0.717) is 13.1 Å². The minimum Gasteiger partial charge on any atom is -0.332 e. The first-order chi connectivity index (χ1) is 11.4. The molecular formula is C18H19ClN4O. The number of carbonyl (C=O) groups excluding carboxylic acids is 1. The normalized spacial score (nSPS) is 29.9. The van der Waals surface area contributed by atoms with Crippen LogP contribution in [0.25, 0.3) is 0 Å². The fraction of sp³-hybridized carbons (Fsp3) is 0.500. The molecule has 0 radical (unpaired) electrons. The molecule has 2 bridgehead atoms. The Hall–Kier alpha value is -1.88. The lowest BCUT2D eigenvalue weighted by Crippen LogP contribution is -2.70. The number of nitrogens with zero attached hydrogens (tertiary/aromatic N) is 3. The van der Waals surface area contributed by atoms with E-state index in [0.717, 1.165) is 46.8 Å². The van der Waals surface area contributed by atoms with Crippen LogP contribution in [0, 0.1) is 19.3 Å². The van der Waals surface area contributed by atoms with Crippen molar-refractivity contribution >= 4 is 17.5 Å². The summed E-state index contributed by atoms with van der Waals surface area (Å²) in [5.74, 6) is 0.287. The number of nitrogens with one attached hydrogen (secondary N) is 1. The van der Waals surface area contributed by atoms with Gasteiger partial charge in [0.2, 0.25) is 5.91 Å². The van der Waals surface area contributed by atoms with E-state index in [4.69, 9.17) is 11.6 Å². The van der Waals surface area contributed by atoms with Gasteiger partial charge in [-0.15, -0.1) is 0 Å². The zero-order valence-corrected chi connectivity index (χ0v) is 14.6. The second-order valence-electron chi connectivity index (χ2n) is 7.78. The smallest absolute Gasteiger partial charge is 0.229 e. The van der Waals surface area contributed by atoms with Gasteiger partial charge >= 0.3 is 0 Å². The Labute approximate surface area is 145 Å². The Balaban J connectivity index is 1.35. The summed E-state index contributed by atoms with van der Waals surface area (Å²) in [6.45, 7) is 5.21. The summed E-state index contributed by atoms with van der Waals surface area (Å²) in [6.07, 6.45) is 4.63. The number of carbonyl (C=O) groups is 1. The molecule has 6 heteroatoms. The minimum atomic E-state index is -0.153. The summed E-state index contributed by atoms with van der Waals surface area (Å²) in [4.78, 5) is 19.7. The molecule has 1 N–H and O–H groups in total. The van der Waals surface area contributed by atoms with Crippen LogP contribution in [0.1, 0.15) is 47.5 Å². The number of pyridine rings is 1. The Kier molecular flexibility index (Phi) is 2.65. The van der Waals surface area contributed by atoms with Crippen LogP contribution in [0.3, 0.4) is 0 Å². The van der Waals surface area contributed by atoms with Crippen LogP contribution >= 0.6 is 11.6 Å². The van der Waals surface area contributed by atoms with E-state index < -0.39 is 0 Å². The number of halogens is 1. The molecule has 2 aromatic heterocycles. The zero-order chi connectivity index (χ0) is 16.7. The van der Waals surface area contributed by atoms with E-state index in [9.17, 15) is 4.79 Å². The summed E-state index contributed by atoms with van der Waals surface area (Å²) in [5, 5.41) is 7.86. The highest BCUT2D eigenvalue weighted by molar-refractivity contribution is 6.32. The monoisotopic (exact) mass is 342 g/mol. The van der Waals surface area contributed by atoms with Crippen LogP contribution < -0.4 is 0 Å². The molecule has 6 rings (SSSR count). The third-order valence-corrected chi connectivity index (χ3v) is 6.84. The van der Waals surface area contributed by atoms with E-state index in [2.05, 4.69) is 15.2 Å². The van der Waals surface area contributed by atoms with Gasteiger partial charge in [0.1, 0.15) is 0 Å². The average Bonchev–Trinajstić information content (AvgIpc) is 3.11. The Morgan fingerprint density at radius 1 is 1.29 bits per heavy atom. The number of H-pyrrole nitrogens is 1. The van der Waals surface area contributed by atoms with Crippen molar-refractivity contribution in [2.45, 2.75) is 51.6 Å². The van der Waals surface area contributed by atoms with Gasteiger partial charge in [-0.05, 0) is 50.3 Å². The number of hydrogen-bond acceptors (Lipinski definition) is 3. The van der Waals surface area contributed by atoms with Crippen molar-refractivity contribution in [2.75, 3.05) is 0 Å². The molecule has 24 heavy (non-hydrogen) atoms. The number of hydrogen-bond donors (Lipinski definition) is 1. The minimum absolute atomic E-state index is 0.153. The van der Waals surface area contributed by atoms with Crippen molar-refractivity contribution in [3.05, 3.63) is 45.5 Å². The first kappa shape index (κ1) is 14.5. The van der Waals surface area contributed by atoms with Crippen LogP contribution in [0.2, 0.25) is 5.02 Å². The average molecular weight is 343 g/mol. The predicted molar refractivity (Wildman–Crippen MR) is 89.5 cm³/mol. The molecule has 0 aromatic carbocycles. The molecule has 3 fully saturated rings. The van der Waals surface area contributed by atoms with Crippen LogP contribution in [-0.2, 0) is 23.3 Å². The van der Waals surface area contributed by atoms with Crippen molar-refractivity contribution in [1.29, 1.82) is 0 Å². The molecule has 3 heterocycles. The molecular weight excluding hydrogens is 324 g/mol. The van der Waals surface area contributed by atoms with Gasteiger partial charge in [0.15, 0.2) is 0 Å². The SMILES string of the molecule is Cc1nc2c(c(C)c1Cl)CN(C(=O)C13CC(c4ccn[nH]4)(C1)C3)C2. The molecule has 0 spiro atoms. The zero-order valence-electron chi connectivity index (χ0n) is 13.8. The summed E-state index contributed by atoms with van der Waals surface area (Å²) in [5.41, 5.74) is 5.27. The van der Waals surface area contributed by atoms with E-state index in [1.807, 2.05) is 24.8 Å². The van der Waals surface area contributed by atoms with E-state index in [1.165, 1.54) is 5.69 Å². The maximum atomic E-state index is 13.1. The highest BCUT2D eigenvalue weighted by Crippen LogP contribution is 2.74. The first-order valence-corrected chi connectivity index (χ1v) is 8.76. The first-order valence-electron chi connectivity index (χ1n) is 8.38. The molecule has 3 saturated carbocycles. The third kappa shape index (κ3) is 1.63. The van der Waals surface area contributed by atoms with Crippen molar-refractivity contribution < 1.29 is 4.79 Å². The molecule has 1 amide bonds. The number of aromatic nitrogens is 3. The number of aryl methyl sites for hydroxylation is 1. The van der Waals surface area contributed by atoms with E-state index >= 15 is 0 Å². The van der Waals surface area contributed by atoms with Crippen molar-refractivity contribution in [1.82, 2.24) is 20.1 Å². The summed E-state index contributed by atoms with van der Waals surface area (Å²) >= 11 is 6.32. The number of fused-ring (bicyclic) bond motifs is 1. The molecule has 0 atom stereocenters. The molecule has 124 valence electrons. The summed E-state index contributed by atoms with van der Waals surface area (Å²) < 4.78 is 0. The van der Waals surface area contributed by atoms with Crippen LogP contribution in [0.5, 0.6) is 0 Å². The van der Waals surface area contributed by atoms with Crippen LogP contribution in [-0.4, -0.2) is 26.0 Å². The standard InChI is InChI=1S/C18H19ClN4O/c1-10-12-5-23(6-13(12)21-11(2)15(10)19)16(24)18-7-17(8-18,9-18)14-3-4-20-22-14/h3-4H,5-9H2,1-2H3,(H,20,22). The maximum Gasteiger partial charge on any atom is 0.229 e. The molecule has 0 saturated heterocycles. The second kappa shape index (κ2) is 4.39. The fourth-order valence-electron chi connectivity index (χ4n) is 5.04. The largest absolute Gasteiger partial charge is 0.332 e. The number of aromatic amines is 1. The van der Waals surface area contributed by atoms with Gasteiger partial charge in [0.05, 0.1) is 28.4 Å². The van der Waals surface area contributed by atoms with Crippen molar-refractivity contribution in [3.8, 4) is 0 Å². The van der Waals surface area contributed by atoms with Gasteiger partial charge in [-0.3, -0.25) is 14.9 Å². The molecule has 3 aliphatic carbocycles. The Bertz CT molecular complexity index is 854. The maximum absolute atomic E-state index is 13.1. The van der Waals surface area contributed by atoms with Gasteiger partial charge in [0, 0.05) is 23.9 Å². The summed E-state index contributed by atoms with van der Waals surface area (Å²) in [6, 6.07) is 2.04. The molecule has 0 unspecified atom stereocenters. The van der Waals surface area contributed by atoms with Gasteiger partial charge in [-0.25, -0.2) is 0 Å². The van der Waals surface area contributed by atoms with Gasteiger partial charge < -0.3 is 4.90 Å². The third-order valence-electron chi connectivity index (χ3n) is 6.28. The van der Waals surface area contributed by atoms with Gasteiger partial charge in [0.25, 0.3) is 0 Å². The lowest BCUT2D eigenvalue weighted by molar-refractivity contribution is -0.188. The summed E-state index contributed by atoms with van der Waals surface area (Å²) in [7, 11) is 0. The molecule has 1 aliphatic heterocycles. The predicted octanol–water partition coefficient (Wildman–Crippen LogP) is 3.04. The lowest BCUT2D eigenvalue weighted by atomic mass is 9.34. The Morgan fingerprint density at radius 3 is 2.71 bits per heavy atom. The highest BCUT2D eigenvalue weighted by Gasteiger charge is 2.73. The Morgan fingerprint density at radius 2 is 2.04 bits per heavy atom. The van der Waals surface area contributed by atoms with E-state index in [1.54, 1.807) is 6.20 Å². The van der Waals surface area contributed by atoms with Crippen molar-refractivity contribution in [3.63, 3.8) is 0 Å². The van der Waals surface area contributed by atoms with Gasteiger partial charge in [-0.1, -0.05) is 11.6 Å². The fourth-order valence-corrected chi connectivity index (χ4v) is 5.19. The molecule has 4 aliphatic rings. The number of rotatable bonds is 2. The number of amides is 1. The van der Waals surface area contributed by atoms with Gasteiger partial charge in [-0.2, -0.15) is 5.10 Å². The highest BCUT2D eigenvalue weighted by atomic mass is 35.5. The second-order valence-corrected chi connectivity index (χ2v) is 8.16.